The number of rotatable bonds is 14. The molecule has 0 bridgehead atoms. The lowest BCUT2D eigenvalue weighted by atomic mass is 9.77. The van der Waals surface area contributed by atoms with Crippen molar-refractivity contribution in [2.45, 2.75) is 300 Å². The zero-order valence-corrected chi connectivity index (χ0v) is 93.2. The molecule has 16 aromatic carbocycles. The number of nitrogens with zero attached hydrogens (tertiary/aromatic N) is 2. The summed E-state index contributed by atoms with van der Waals surface area (Å²) in [6.45, 7) is 79.3. The molecule has 0 amide bonds. The molecule has 0 heterocycles. The van der Waals surface area contributed by atoms with Gasteiger partial charge in [-0.2, -0.15) is 0 Å². The number of anilines is 6. The molecule has 0 saturated carbocycles. The molecule has 2 nitrogen and oxygen atoms in total. The van der Waals surface area contributed by atoms with E-state index in [4.69, 9.17) is 0 Å². The first-order valence-electron chi connectivity index (χ1n) is 52.8. The van der Waals surface area contributed by atoms with Gasteiger partial charge in [0, 0.05) is 45.0 Å². The van der Waals surface area contributed by atoms with Crippen LogP contribution in [0, 0.1) is 0 Å². The number of hydrogen-bond donors (Lipinski definition) is 0. The molecule has 0 atom stereocenters. The van der Waals surface area contributed by atoms with Crippen molar-refractivity contribution in [1.29, 1.82) is 0 Å². The van der Waals surface area contributed by atoms with Crippen LogP contribution in [0.25, 0.3) is 111 Å². The van der Waals surface area contributed by atoms with Gasteiger partial charge in [-0.05, 0) is 340 Å². The Bertz CT molecular complexity index is 7490. The Kier molecular flexibility index (Phi) is 26.6. The van der Waals surface area contributed by atoms with Crippen LogP contribution in [0.1, 0.15) is 313 Å². The van der Waals surface area contributed by atoms with Gasteiger partial charge in [-0.15, -0.1) is 0 Å². The minimum absolute atomic E-state index is 0.0182. The van der Waals surface area contributed by atoms with E-state index in [1.807, 2.05) is 0 Å². The van der Waals surface area contributed by atoms with Crippen LogP contribution >= 0.6 is 0 Å². The lowest BCUT2D eigenvalue weighted by molar-refractivity contribution is 0.568. The van der Waals surface area contributed by atoms with Crippen molar-refractivity contribution in [3.05, 3.63) is 418 Å². The lowest BCUT2D eigenvalue weighted by Crippen LogP contribution is -2.16. The highest BCUT2D eigenvalue weighted by Gasteiger charge is 2.39. The highest BCUT2D eigenvalue weighted by Crippen LogP contribution is 2.55. The number of fused-ring (bicyclic) bond motifs is 6. The van der Waals surface area contributed by atoms with Gasteiger partial charge >= 0.3 is 0 Å². The molecule has 0 aromatic heterocycles. The van der Waals surface area contributed by atoms with Crippen LogP contribution in [0.15, 0.2) is 340 Å². The lowest BCUT2D eigenvalue weighted by Gasteiger charge is -2.29. The van der Waals surface area contributed by atoms with Crippen LogP contribution in [0.3, 0.4) is 0 Å². The molecule has 0 spiro atoms. The average molecular weight is 1890 g/mol. The van der Waals surface area contributed by atoms with Gasteiger partial charge in [0.15, 0.2) is 0 Å². The van der Waals surface area contributed by atoms with Gasteiger partial charge in [0.2, 0.25) is 0 Å². The number of benzene rings is 16. The van der Waals surface area contributed by atoms with E-state index in [0.29, 0.717) is 0 Å². The zero-order chi connectivity index (χ0) is 104. The van der Waals surface area contributed by atoms with Crippen LogP contribution in [0.5, 0.6) is 0 Å². The van der Waals surface area contributed by atoms with Crippen molar-refractivity contribution >= 4 is 34.1 Å². The Labute approximate surface area is 867 Å². The minimum Gasteiger partial charge on any atom is -0.310 e. The first-order valence-corrected chi connectivity index (χ1v) is 52.8. The summed E-state index contributed by atoms with van der Waals surface area (Å²) in [6, 6.07) is 131. The molecule has 16 aromatic rings. The van der Waals surface area contributed by atoms with Crippen LogP contribution in [-0.4, -0.2) is 0 Å². The van der Waals surface area contributed by atoms with Crippen molar-refractivity contribution in [1.82, 2.24) is 0 Å². The van der Waals surface area contributed by atoms with Crippen LogP contribution in [-0.2, 0) is 65.0 Å². The van der Waals surface area contributed by atoms with Crippen LogP contribution < -0.4 is 9.80 Å². The summed E-state index contributed by atoms with van der Waals surface area (Å²) < 4.78 is 0. The average Bonchev–Trinajstić information content (AvgIpc) is 1.59. The molecule has 0 fully saturated rings. The molecule has 0 radical (unpaired) electrons. The van der Waals surface area contributed by atoms with Gasteiger partial charge in [0.05, 0.1) is 0 Å². The van der Waals surface area contributed by atoms with Crippen molar-refractivity contribution in [2.75, 3.05) is 9.80 Å². The van der Waals surface area contributed by atoms with Gasteiger partial charge in [-0.25, -0.2) is 0 Å². The molecular formula is C142H158N2. The van der Waals surface area contributed by atoms with Crippen LogP contribution in [0.2, 0.25) is 0 Å². The third-order valence-electron chi connectivity index (χ3n) is 30.7. The first-order chi connectivity index (χ1) is 67.1. The standard InChI is InChI=1S/2C71H79N/c1-66(2,3)54-26-20-23-46(35-54)47-24-21-27-59(42-47)72(61-31-32-63-62-29-18-19-30-64(62)71(16,17)65(63)45-61)60-28-22-25-48(43-60)49-33-50(37-55(36-49)67(4,5)6)51-34-52(39-56(38-51)68(7,8)9)53-40-57(69(10,11)12)44-58(41-53)70(13,14)15;1-66(2,3)54-30-28-46(29-31-54)47-22-20-24-59(42-47)72(61-32-33-63-62-26-18-19-27-64(62)71(16,17)65(63)45-61)60-25-21-23-48(43-60)49-34-50(37-55(36-49)67(4,5)6)51-35-52(39-56(38-51)68(7,8)9)53-40-57(69(10,11)12)44-58(41-53)70(13,14)15/h2*18-45H,1-17H3. The van der Waals surface area contributed by atoms with E-state index < -0.39 is 0 Å². The SMILES string of the molecule is CC(C)(C)c1ccc(-c2cccc(N(c3cccc(-c4cc(-c5cc(-c6cc(C(C)(C)C)cc(C(C)(C)C)c6)cc(C(C)(C)C)c5)cc(C(C)(C)C)c4)c3)c3ccc4c(c3)C(C)(C)c3ccccc3-4)c2)cc1.CC(C)(C)c1cccc(-c2cccc(N(c3cccc(-c4cc(-c5cc(-c6cc(C(C)(C)C)cc(C(C)(C)C)c6)cc(C(C)(C)C)c5)cc(C(C)(C)C)c4)c3)c3ccc4c(c3)C(C)(C)c3ccccc3-4)c2)c1. The molecule has 2 aliphatic carbocycles. The Balaban J connectivity index is 0.000000198. The Morgan fingerprint density at radius 2 is 0.333 bits per heavy atom. The highest BCUT2D eigenvalue weighted by atomic mass is 15.1. The first kappa shape index (κ1) is 103. The minimum atomic E-state index is -0.136. The normalized spacial score (nSPS) is 13.7. The molecule has 736 valence electrons. The summed E-state index contributed by atoms with van der Waals surface area (Å²) in [5, 5.41) is 0. The van der Waals surface area contributed by atoms with E-state index in [1.54, 1.807) is 0 Å². The van der Waals surface area contributed by atoms with Gasteiger partial charge in [0.1, 0.15) is 0 Å². The van der Waals surface area contributed by atoms with Crippen molar-refractivity contribution < 1.29 is 0 Å². The largest absolute Gasteiger partial charge is 0.310 e. The fraction of sp³-hybridized carbons (Fsp3) is 0.324. The van der Waals surface area contributed by atoms with E-state index in [1.165, 1.54) is 189 Å². The zero-order valence-electron chi connectivity index (χ0n) is 93.2. The molecule has 0 unspecified atom stereocenters. The van der Waals surface area contributed by atoms with Crippen molar-refractivity contribution in [3.63, 3.8) is 0 Å². The molecule has 144 heavy (non-hydrogen) atoms. The van der Waals surface area contributed by atoms with Crippen molar-refractivity contribution in [2.24, 2.45) is 0 Å². The fourth-order valence-electron chi connectivity index (χ4n) is 21.1. The maximum absolute atomic E-state index is 2.48. The van der Waals surface area contributed by atoms with Gasteiger partial charge in [-0.3, -0.25) is 0 Å². The highest BCUT2D eigenvalue weighted by molar-refractivity contribution is 5.92. The second kappa shape index (κ2) is 37.3. The van der Waals surface area contributed by atoms with Gasteiger partial charge in [-0.1, -0.05) is 478 Å². The van der Waals surface area contributed by atoms with E-state index >= 15 is 0 Å². The molecule has 2 heteroatoms. The molecule has 0 N–H and O–H groups in total. The van der Waals surface area contributed by atoms with Gasteiger partial charge in [0.25, 0.3) is 0 Å². The van der Waals surface area contributed by atoms with Crippen LogP contribution in [0.4, 0.5) is 34.1 Å². The predicted octanol–water partition coefficient (Wildman–Crippen LogP) is 41.2. The smallest absolute Gasteiger partial charge is 0.0467 e. The Morgan fingerprint density at radius 3 is 0.604 bits per heavy atom. The third-order valence-corrected chi connectivity index (χ3v) is 30.7. The van der Waals surface area contributed by atoms with Gasteiger partial charge < -0.3 is 9.80 Å². The summed E-state index contributed by atoms with van der Waals surface area (Å²) in [5.41, 5.74) is 50.4. The fourth-order valence-corrected chi connectivity index (χ4v) is 21.1. The molecule has 2 aliphatic rings. The maximum atomic E-state index is 2.48. The monoisotopic (exact) mass is 1890 g/mol. The van der Waals surface area contributed by atoms with Crippen molar-refractivity contribution in [3.8, 4) is 111 Å². The summed E-state index contributed by atoms with van der Waals surface area (Å²) in [5.74, 6) is 0. The maximum Gasteiger partial charge on any atom is 0.0467 e. The topological polar surface area (TPSA) is 6.48 Å². The summed E-state index contributed by atoms with van der Waals surface area (Å²) in [6.07, 6.45) is 0. The predicted molar refractivity (Wildman–Crippen MR) is 628 cm³/mol. The molecule has 0 aliphatic heterocycles. The molecule has 0 saturated heterocycles. The summed E-state index contributed by atoms with van der Waals surface area (Å²) >= 11 is 0. The second-order valence-electron chi connectivity index (χ2n) is 53.1. The Morgan fingerprint density at radius 1 is 0.132 bits per heavy atom. The summed E-state index contributed by atoms with van der Waals surface area (Å²) in [7, 11) is 0. The van der Waals surface area contributed by atoms with E-state index in [-0.39, 0.29) is 65.0 Å². The molecule has 18 rings (SSSR count). The second-order valence-corrected chi connectivity index (χ2v) is 53.1. The van der Waals surface area contributed by atoms with E-state index in [9.17, 15) is 0 Å². The number of hydrogen-bond acceptors (Lipinski definition) is 2. The third kappa shape index (κ3) is 21.3. The van der Waals surface area contributed by atoms with E-state index in [2.05, 4.69) is 585 Å². The van der Waals surface area contributed by atoms with E-state index in [0.717, 1.165) is 34.1 Å². The molecular weight excluding hydrogens is 1730 g/mol. The quantitative estimate of drug-likeness (QED) is 0.107. The Hall–Kier alpha value is -12.9. The summed E-state index contributed by atoms with van der Waals surface area (Å²) in [4.78, 5) is 4.95.